The molecule has 0 amide bonds. The molecule has 3 nitrogen and oxygen atoms in total. The number of thioether (sulfide) groups is 1. The molecule has 4 heteroatoms. The molecule has 0 aromatic carbocycles. The lowest BCUT2D eigenvalue weighted by molar-refractivity contribution is 0.322. The molecule has 1 fully saturated rings. The van der Waals surface area contributed by atoms with E-state index in [1.165, 1.54) is 0 Å². The molecular formula is C9H16N2OS. The van der Waals surface area contributed by atoms with Gasteiger partial charge in [-0.15, -0.1) is 0 Å². The number of hydrogen-bond donors (Lipinski definition) is 2. The molecule has 2 N–H and O–H groups in total. The van der Waals surface area contributed by atoms with E-state index in [1.54, 1.807) is 11.8 Å². The monoisotopic (exact) mass is 200 g/mol. The number of nitriles is 1. The van der Waals surface area contributed by atoms with Crippen molar-refractivity contribution in [2.75, 3.05) is 19.4 Å². The summed E-state index contributed by atoms with van der Waals surface area (Å²) in [6.07, 6.45) is 2.92. The van der Waals surface area contributed by atoms with Gasteiger partial charge in [0.2, 0.25) is 0 Å². The van der Waals surface area contributed by atoms with Gasteiger partial charge in [0.25, 0.3) is 0 Å². The van der Waals surface area contributed by atoms with Crippen LogP contribution in [0.25, 0.3) is 0 Å². The zero-order valence-electron chi connectivity index (χ0n) is 7.92. The van der Waals surface area contributed by atoms with Crippen LogP contribution in [0.2, 0.25) is 0 Å². The largest absolute Gasteiger partial charge is 0.396 e. The van der Waals surface area contributed by atoms with Crippen LogP contribution in [0.4, 0.5) is 0 Å². The molecule has 1 aliphatic rings. The number of nitrogens with zero attached hydrogens (tertiary/aromatic N) is 1. The number of rotatable bonds is 4. The lowest BCUT2D eigenvalue weighted by Crippen LogP contribution is -2.38. The summed E-state index contributed by atoms with van der Waals surface area (Å²) in [7, 11) is 1.85. The summed E-state index contributed by atoms with van der Waals surface area (Å²) in [6.45, 7) is 0.236. The Kier molecular flexibility index (Phi) is 4.04. The smallest absolute Gasteiger partial charge is 0.107 e. The molecule has 2 atom stereocenters. The average Bonchev–Trinajstić information content (AvgIpc) is 2.59. The highest BCUT2D eigenvalue weighted by molar-refractivity contribution is 7.99. The molecule has 0 saturated heterocycles. The van der Waals surface area contributed by atoms with E-state index in [-0.39, 0.29) is 12.1 Å². The van der Waals surface area contributed by atoms with Crippen molar-refractivity contribution in [3.63, 3.8) is 0 Å². The van der Waals surface area contributed by atoms with Crippen molar-refractivity contribution in [2.45, 2.75) is 30.1 Å². The Hall–Kier alpha value is -0.240. The molecule has 74 valence electrons. The van der Waals surface area contributed by atoms with Crippen molar-refractivity contribution < 1.29 is 5.11 Å². The number of hydrogen-bond acceptors (Lipinski definition) is 4. The number of nitrogens with one attached hydrogen (secondary N) is 1. The number of aliphatic hydroxyl groups excluding tert-OH is 1. The van der Waals surface area contributed by atoms with Gasteiger partial charge in [0.05, 0.1) is 12.7 Å². The zero-order valence-corrected chi connectivity index (χ0v) is 8.73. The summed E-state index contributed by atoms with van der Waals surface area (Å²) >= 11 is 1.78. The minimum absolute atomic E-state index is 0.236. The predicted molar refractivity (Wildman–Crippen MR) is 54.6 cm³/mol. The minimum Gasteiger partial charge on any atom is -0.396 e. The van der Waals surface area contributed by atoms with Gasteiger partial charge >= 0.3 is 0 Å². The molecule has 0 aromatic rings. The van der Waals surface area contributed by atoms with E-state index < -0.39 is 0 Å². The molecular weight excluding hydrogens is 184 g/mol. The van der Waals surface area contributed by atoms with Crippen LogP contribution in [0.3, 0.4) is 0 Å². The summed E-state index contributed by atoms with van der Waals surface area (Å²) < 4.78 is 0. The van der Waals surface area contributed by atoms with Crippen LogP contribution in [0.1, 0.15) is 19.3 Å². The number of aliphatic hydroxyl groups is 1. The van der Waals surface area contributed by atoms with Crippen molar-refractivity contribution >= 4 is 11.8 Å². The van der Waals surface area contributed by atoms with Crippen LogP contribution >= 0.6 is 11.8 Å². The second-order valence-electron chi connectivity index (χ2n) is 3.40. The Balaban J connectivity index is 2.39. The first-order chi connectivity index (χ1) is 6.26. The maximum Gasteiger partial charge on any atom is 0.107 e. The standard InChI is InChI=1S/C9H16N2OS/c1-11-9(7-10)3-2-8(6-9)13-5-4-12/h8,11-12H,2-6H2,1H3. The summed E-state index contributed by atoms with van der Waals surface area (Å²) in [5, 5.41) is 21.3. The van der Waals surface area contributed by atoms with Gasteiger partial charge in [-0.3, -0.25) is 0 Å². The van der Waals surface area contributed by atoms with Crippen molar-refractivity contribution in [2.24, 2.45) is 0 Å². The van der Waals surface area contributed by atoms with Crippen molar-refractivity contribution in [1.82, 2.24) is 5.32 Å². The molecule has 1 rings (SSSR count). The molecule has 0 bridgehead atoms. The maximum absolute atomic E-state index is 8.99. The fourth-order valence-corrected chi connectivity index (χ4v) is 2.87. The highest BCUT2D eigenvalue weighted by atomic mass is 32.2. The van der Waals surface area contributed by atoms with Crippen LogP contribution in [0, 0.1) is 11.3 Å². The van der Waals surface area contributed by atoms with Crippen LogP contribution in [-0.2, 0) is 0 Å². The van der Waals surface area contributed by atoms with Crippen molar-refractivity contribution in [3.8, 4) is 6.07 Å². The van der Waals surface area contributed by atoms with Gasteiger partial charge in [0.15, 0.2) is 0 Å². The quantitative estimate of drug-likeness (QED) is 0.703. The Bertz CT molecular complexity index is 204. The zero-order chi connectivity index (χ0) is 9.73. The maximum atomic E-state index is 8.99. The lowest BCUT2D eigenvalue weighted by atomic mass is 10.0. The normalized spacial score (nSPS) is 33.2. The van der Waals surface area contributed by atoms with Gasteiger partial charge in [-0.1, -0.05) is 0 Å². The second-order valence-corrected chi connectivity index (χ2v) is 4.81. The summed E-state index contributed by atoms with van der Waals surface area (Å²) in [6, 6.07) is 2.35. The first-order valence-electron chi connectivity index (χ1n) is 4.59. The molecule has 0 heterocycles. The average molecular weight is 200 g/mol. The molecule has 0 aromatic heterocycles. The van der Waals surface area contributed by atoms with Crippen LogP contribution in [-0.4, -0.2) is 35.3 Å². The Labute approximate surface area is 83.5 Å². The molecule has 2 unspecified atom stereocenters. The lowest BCUT2D eigenvalue weighted by Gasteiger charge is -2.19. The van der Waals surface area contributed by atoms with E-state index in [0.717, 1.165) is 25.0 Å². The molecule has 0 aliphatic heterocycles. The third kappa shape index (κ3) is 2.60. The first-order valence-corrected chi connectivity index (χ1v) is 5.64. The first kappa shape index (κ1) is 10.8. The molecule has 1 aliphatic carbocycles. The predicted octanol–water partition coefficient (Wildman–Crippen LogP) is 0.746. The van der Waals surface area contributed by atoms with Crippen LogP contribution < -0.4 is 5.32 Å². The fraction of sp³-hybridized carbons (Fsp3) is 0.889. The van der Waals surface area contributed by atoms with E-state index in [9.17, 15) is 0 Å². The van der Waals surface area contributed by atoms with Crippen LogP contribution in [0.15, 0.2) is 0 Å². The molecule has 13 heavy (non-hydrogen) atoms. The third-order valence-electron chi connectivity index (χ3n) is 2.61. The van der Waals surface area contributed by atoms with Gasteiger partial charge < -0.3 is 10.4 Å². The van der Waals surface area contributed by atoms with Crippen molar-refractivity contribution in [1.29, 1.82) is 5.26 Å². The van der Waals surface area contributed by atoms with Gasteiger partial charge in [0.1, 0.15) is 5.54 Å². The van der Waals surface area contributed by atoms with Gasteiger partial charge in [-0.25, -0.2) is 0 Å². The van der Waals surface area contributed by atoms with Crippen molar-refractivity contribution in [3.05, 3.63) is 0 Å². The fourth-order valence-electron chi connectivity index (χ4n) is 1.75. The third-order valence-corrected chi connectivity index (χ3v) is 3.90. The van der Waals surface area contributed by atoms with Gasteiger partial charge in [-0.05, 0) is 26.3 Å². The highest BCUT2D eigenvalue weighted by Crippen LogP contribution is 2.36. The minimum atomic E-state index is -0.298. The van der Waals surface area contributed by atoms with E-state index in [2.05, 4.69) is 11.4 Å². The summed E-state index contributed by atoms with van der Waals surface area (Å²) in [5.74, 6) is 0.788. The van der Waals surface area contributed by atoms with E-state index in [0.29, 0.717) is 5.25 Å². The highest BCUT2D eigenvalue weighted by Gasteiger charge is 2.37. The SMILES string of the molecule is CNC1(C#N)CCC(SCCO)C1. The molecule has 1 saturated carbocycles. The Morgan fingerprint density at radius 3 is 3.00 bits per heavy atom. The van der Waals surface area contributed by atoms with E-state index >= 15 is 0 Å². The Morgan fingerprint density at radius 2 is 2.54 bits per heavy atom. The molecule has 0 radical (unpaired) electrons. The van der Waals surface area contributed by atoms with E-state index in [1.807, 2.05) is 7.05 Å². The topological polar surface area (TPSA) is 56.0 Å². The molecule has 0 spiro atoms. The second kappa shape index (κ2) is 4.85. The van der Waals surface area contributed by atoms with Gasteiger partial charge in [0, 0.05) is 11.0 Å². The van der Waals surface area contributed by atoms with E-state index in [4.69, 9.17) is 10.4 Å². The summed E-state index contributed by atoms with van der Waals surface area (Å²) in [4.78, 5) is 0. The van der Waals surface area contributed by atoms with Gasteiger partial charge in [-0.2, -0.15) is 17.0 Å². The summed E-state index contributed by atoms with van der Waals surface area (Å²) in [5.41, 5.74) is -0.298. The van der Waals surface area contributed by atoms with Crippen LogP contribution in [0.5, 0.6) is 0 Å². The Morgan fingerprint density at radius 1 is 1.77 bits per heavy atom.